The normalized spacial score (nSPS) is 23.1. The van der Waals surface area contributed by atoms with E-state index in [9.17, 15) is 4.79 Å². The maximum absolute atomic E-state index is 11.9. The molecule has 4 atom stereocenters. The maximum atomic E-state index is 11.9. The molecule has 1 aliphatic heterocycles. The average Bonchev–Trinajstić information content (AvgIpc) is 2.72. The van der Waals surface area contributed by atoms with Crippen molar-refractivity contribution >= 4 is 5.97 Å². The summed E-state index contributed by atoms with van der Waals surface area (Å²) in [5, 5.41) is 0. The summed E-state index contributed by atoms with van der Waals surface area (Å²) in [6.45, 7) is 11.0. The number of unbranched alkanes of at least 4 members (excludes halogenated alkanes) is 10. The molecule has 0 aromatic heterocycles. The number of rotatable bonds is 16. The van der Waals surface area contributed by atoms with Gasteiger partial charge in [-0.1, -0.05) is 85.0 Å². The first-order chi connectivity index (χ1) is 14.3. The van der Waals surface area contributed by atoms with Crippen LogP contribution in [0.15, 0.2) is 0 Å². The van der Waals surface area contributed by atoms with Crippen molar-refractivity contribution in [3.63, 3.8) is 0 Å². The van der Waals surface area contributed by atoms with Gasteiger partial charge in [0.05, 0.1) is 19.3 Å². The molecular weight excluding hydrogens is 378 g/mol. The molecule has 30 heavy (non-hydrogen) atoms. The van der Waals surface area contributed by atoms with Crippen molar-refractivity contribution < 1.29 is 19.0 Å². The van der Waals surface area contributed by atoms with Gasteiger partial charge in [-0.3, -0.25) is 4.79 Å². The van der Waals surface area contributed by atoms with Crippen LogP contribution in [0.5, 0.6) is 0 Å². The number of nitrogens with two attached hydrogens (primary N) is 1. The van der Waals surface area contributed by atoms with Gasteiger partial charge in [0.25, 0.3) is 0 Å². The van der Waals surface area contributed by atoms with Gasteiger partial charge in [-0.05, 0) is 26.7 Å². The topological polar surface area (TPSA) is 70.8 Å². The predicted molar refractivity (Wildman–Crippen MR) is 123 cm³/mol. The molecule has 5 nitrogen and oxygen atoms in total. The van der Waals surface area contributed by atoms with Gasteiger partial charge in [-0.25, -0.2) is 0 Å². The van der Waals surface area contributed by atoms with Crippen LogP contribution in [0.25, 0.3) is 0 Å². The summed E-state index contributed by atoms with van der Waals surface area (Å²) in [5.41, 5.74) is 5.50. The van der Waals surface area contributed by atoms with Crippen molar-refractivity contribution in [1.29, 1.82) is 0 Å². The minimum absolute atomic E-state index is 0.0111. The molecular formula is C25H49NO4. The molecule has 5 heteroatoms. The highest BCUT2D eigenvalue weighted by Gasteiger charge is 2.40. The van der Waals surface area contributed by atoms with Gasteiger partial charge in [0, 0.05) is 11.8 Å². The molecule has 1 heterocycles. The zero-order valence-electron chi connectivity index (χ0n) is 20.4. The van der Waals surface area contributed by atoms with Gasteiger partial charge < -0.3 is 19.9 Å². The molecule has 0 aliphatic carbocycles. The van der Waals surface area contributed by atoms with Crippen LogP contribution in [0, 0.1) is 11.8 Å². The summed E-state index contributed by atoms with van der Waals surface area (Å²) >= 11 is 0. The Morgan fingerprint density at radius 1 is 1.03 bits per heavy atom. The van der Waals surface area contributed by atoms with Crippen LogP contribution >= 0.6 is 0 Å². The number of carbonyl (C=O) groups excluding carboxylic acids is 1. The largest absolute Gasteiger partial charge is 0.461 e. The Balaban J connectivity index is 2.36. The van der Waals surface area contributed by atoms with Gasteiger partial charge in [0.1, 0.15) is 6.10 Å². The third-order valence-corrected chi connectivity index (χ3v) is 6.32. The summed E-state index contributed by atoms with van der Waals surface area (Å²) in [6.07, 6.45) is 15.1. The number of hydrogen-bond acceptors (Lipinski definition) is 5. The predicted octanol–water partition coefficient (Wildman–Crippen LogP) is 5.98. The molecule has 0 saturated carbocycles. The number of esters is 1. The van der Waals surface area contributed by atoms with Gasteiger partial charge in [0.15, 0.2) is 5.79 Å². The lowest BCUT2D eigenvalue weighted by Crippen LogP contribution is -2.50. The Morgan fingerprint density at radius 3 is 2.10 bits per heavy atom. The van der Waals surface area contributed by atoms with E-state index in [0.29, 0.717) is 6.61 Å². The zero-order chi connectivity index (χ0) is 22.4. The molecule has 1 aliphatic rings. The molecule has 0 aromatic rings. The highest BCUT2D eigenvalue weighted by Crippen LogP contribution is 2.33. The van der Waals surface area contributed by atoms with E-state index in [1.165, 1.54) is 64.2 Å². The molecule has 0 amide bonds. The Hall–Kier alpha value is -0.650. The Kier molecular flexibility index (Phi) is 13.9. The third-order valence-electron chi connectivity index (χ3n) is 6.32. The summed E-state index contributed by atoms with van der Waals surface area (Å²) in [5.74, 6) is -0.537. The van der Waals surface area contributed by atoms with Crippen molar-refractivity contribution in [2.24, 2.45) is 17.6 Å². The van der Waals surface area contributed by atoms with Crippen LogP contribution in [0.2, 0.25) is 0 Å². The number of carbonyl (C=O) groups is 1. The zero-order valence-corrected chi connectivity index (χ0v) is 20.4. The first-order valence-corrected chi connectivity index (χ1v) is 12.5. The van der Waals surface area contributed by atoms with E-state index in [1.54, 1.807) is 0 Å². The van der Waals surface area contributed by atoms with Gasteiger partial charge in [-0.2, -0.15) is 0 Å². The smallest absolute Gasteiger partial charge is 0.319 e. The van der Waals surface area contributed by atoms with Crippen molar-refractivity contribution in [2.75, 3.05) is 13.2 Å². The van der Waals surface area contributed by atoms with Crippen molar-refractivity contribution in [3.05, 3.63) is 0 Å². The number of ether oxygens (including phenoxy) is 3. The molecule has 1 rings (SSSR count). The van der Waals surface area contributed by atoms with Crippen LogP contribution in [-0.2, 0) is 19.0 Å². The first-order valence-electron chi connectivity index (χ1n) is 12.5. The molecule has 2 N–H and O–H groups in total. The molecule has 0 aromatic carbocycles. The van der Waals surface area contributed by atoms with E-state index in [-0.39, 0.29) is 36.6 Å². The second-order valence-electron chi connectivity index (χ2n) is 9.69. The van der Waals surface area contributed by atoms with E-state index in [4.69, 9.17) is 19.9 Å². The van der Waals surface area contributed by atoms with Gasteiger partial charge in [-0.15, -0.1) is 0 Å². The van der Waals surface area contributed by atoms with E-state index in [1.807, 2.05) is 13.8 Å². The van der Waals surface area contributed by atoms with Crippen molar-refractivity contribution in [2.45, 2.75) is 130 Å². The highest BCUT2D eigenvalue weighted by atomic mass is 16.7. The fourth-order valence-corrected chi connectivity index (χ4v) is 4.40. The van der Waals surface area contributed by atoms with E-state index in [0.717, 1.165) is 12.8 Å². The van der Waals surface area contributed by atoms with Crippen molar-refractivity contribution in [1.82, 2.24) is 0 Å². The molecule has 0 radical (unpaired) electrons. The maximum Gasteiger partial charge on any atom is 0.319 e. The summed E-state index contributed by atoms with van der Waals surface area (Å²) in [6, 6.07) is 0. The van der Waals surface area contributed by atoms with Crippen LogP contribution < -0.4 is 5.73 Å². The first kappa shape index (κ1) is 27.4. The monoisotopic (exact) mass is 427 g/mol. The molecule has 178 valence electrons. The van der Waals surface area contributed by atoms with Gasteiger partial charge in [0.2, 0.25) is 0 Å². The molecule has 0 bridgehead atoms. The fraction of sp³-hybridized carbons (Fsp3) is 0.960. The minimum atomic E-state index is -0.593. The van der Waals surface area contributed by atoms with E-state index < -0.39 is 5.79 Å². The van der Waals surface area contributed by atoms with E-state index >= 15 is 0 Å². The van der Waals surface area contributed by atoms with Gasteiger partial charge >= 0.3 is 5.97 Å². The second-order valence-corrected chi connectivity index (χ2v) is 9.69. The average molecular weight is 428 g/mol. The lowest BCUT2D eigenvalue weighted by molar-refractivity contribution is -0.304. The number of hydrogen-bond donors (Lipinski definition) is 1. The van der Waals surface area contributed by atoms with Crippen LogP contribution in [-0.4, -0.2) is 37.1 Å². The van der Waals surface area contributed by atoms with E-state index in [2.05, 4.69) is 20.8 Å². The lowest BCUT2D eigenvalue weighted by Gasteiger charge is -2.44. The fourth-order valence-electron chi connectivity index (χ4n) is 4.40. The van der Waals surface area contributed by atoms with Crippen LogP contribution in [0.3, 0.4) is 0 Å². The molecule has 1 saturated heterocycles. The Bertz CT molecular complexity index is 454. The summed E-state index contributed by atoms with van der Waals surface area (Å²) in [4.78, 5) is 11.9. The minimum Gasteiger partial charge on any atom is -0.461 e. The quantitative estimate of drug-likeness (QED) is 0.242. The van der Waals surface area contributed by atoms with Crippen LogP contribution in [0.4, 0.5) is 0 Å². The summed E-state index contributed by atoms with van der Waals surface area (Å²) in [7, 11) is 0. The lowest BCUT2D eigenvalue weighted by atomic mass is 9.86. The second kappa shape index (κ2) is 15.2. The highest BCUT2D eigenvalue weighted by molar-refractivity contribution is 5.71. The SMILES string of the molecule is CCCCCCCCCCCCC[C@@H](OC(=O)CN)[C@H](C)[C@H]1OC(C)(C)OC[C@@H]1C. The van der Waals surface area contributed by atoms with Crippen molar-refractivity contribution in [3.8, 4) is 0 Å². The standard InChI is InChI=1S/C25H49NO4/c1-6-7-8-9-10-11-12-13-14-15-16-17-22(29-23(27)18-26)21(3)24-20(2)19-28-25(4,5)30-24/h20-22,24H,6-19,26H2,1-5H3/t20-,21-,22+,24-/m0/s1. The molecule has 1 fully saturated rings. The Labute approximate surface area is 185 Å². The molecule has 0 spiro atoms. The third kappa shape index (κ3) is 11.1. The molecule has 0 unspecified atom stereocenters. The Morgan fingerprint density at radius 2 is 1.57 bits per heavy atom. The van der Waals surface area contributed by atoms with Crippen LogP contribution in [0.1, 0.15) is 112 Å². The summed E-state index contributed by atoms with van der Waals surface area (Å²) < 4.78 is 17.7.